The van der Waals surface area contributed by atoms with E-state index < -0.39 is 16.9 Å². The average Bonchev–Trinajstić information content (AvgIpc) is 1.42. The summed E-state index contributed by atoms with van der Waals surface area (Å²) in [4.78, 5) is 139. The lowest BCUT2D eigenvalue weighted by atomic mass is 9.46. The summed E-state index contributed by atoms with van der Waals surface area (Å²) >= 11 is 0. The van der Waals surface area contributed by atoms with Crippen molar-refractivity contribution in [2.45, 2.75) is 357 Å². The van der Waals surface area contributed by atoms with E-state index in [4.69, 9.17) is 5.73 Å². The van der Waals surface area contributed by atoms with E-state index in [1.165, 1.54) is 6.42 Å². The zero-order valence-electron chi connectivity index (χ0n) is 83.4. The monoisotopic (exact) mass is 1880 g/mol. The number of aliphatic hydroxyl groups excluding tert-OH is 4. The minimum atomic E-state index is -0.434. The largest absolute Gasteiger partial charge is 0.411 e. The lowest BCUT2D eigenvalue weighted by Crippen LogP contribution is -2.65. The van der Waals surface area contributed by atoms with Gasteiger partial charge < -0.3 is 67.6 Å². The van der Waals surface area contributed by atoms with Gasteiger partial charge in [0.15, 0.2) is 0 Å². The van der Waals surface area contributed by atoms with Crippen molar-refractivity contribution in [1.82, 2.24) is 31.1 Å². The Morgan fingerprint density at radius 3 is 1.26 bits per heavy atom. The molecule has 26 heteroatoms. The molecular formula is C110H157N9O17. The SMILES string of the molecule is CC12CC(=O)C3C(CC=C4NC(=O)CCC43C)C1CCC2=O.CC12CCC(=O)NC1=CCC1C2C(=O)CC2(C)/C(=N/O)CCC12.CC12CCC(=O)NC1=CCC1C2[C@@H](O)CC2(C)/C(=N/O)CCC12.CC12C[C@H](O)C3C(CCC4NC(=O)CCC43C)C1CCC2N.CN1C(=O)CCC2(C)C1=CCC1C2[C@@H](O)CC2(C)C1CC[C@@H]2O.CN1C(=O)CCC2(C)C1=CCC1C3CCC(=O)C3(C)CC(=O)C12. The number of oxime groups is 2. The van der Waals surface area contributed by atoms with Crippen LogP contribution in [0.4, 0.5) is 0 Å². The van der Waals surface area contributed by atoms with Crippen LogP contribution in [0.2, 0.25) is 0 Å². The third-order valence-electron chi connectivity index (χ3n) is 45.0. The van der Waals surface area contributed by atoms with Gasteiger partial charge in [0.1, 0.15) is 28.9 Å². The third-order valence-corrected chi connectivity index (χ3v) is 45.0. The zero-order valence-corrected chi connectivity index (χ0v) is 83.4. The van der Waals surface area contributed by atoms with E-state index in [1.54, 1.807) is 4.90 Å². The predicted octanol–water partition coefficient (Wildman–Crippen LogP) is 14.3. The van der Waals surface area contributed by atoms with Crippen LogP contribution in [0.15, 0.2) is 69.2 Å². The number of aliphatic hydroxyl groups is 4. The molecule has 0 bridgehead atoms. The first-order chi connectivity index (χ1) is 64.1. The third kappa shape index (κ3) is 14.5. The summed E-state index contributed by atoms with van der Waals surface area (Å²) in [5, 5.41) is 81.6. The molecule has 0 aromatic rings. The summed E-state index contributed by atoms with van der Waals surface area (Å²) in [6.07, 6.45) is 38.6. The number of carbonyl (C=O) groups excluding carboxylic acids is 11. The molecule has 24 aliphatic rings. The van der Waals surface area contributed by atoms with Crippen LogP contribution < -0.4 is 27.0 Å². The minimum absolute atomic E-state index is 0.0146. The van der Waals surface area contributed by atoms with Crippen LogP contribution in [0.3, 0.4) is 0 Å². The molecule has 136 heavy (non-hydrogen) atoms. The second kappa shape index (κ2) is 34.2. The lowest BCUT2D eigenvalue weighted by molar-refractivity contribution is -0.160. The van der Waals surface area contributed by atoms with Gasteiger partial charge in [-0.25, -0.2) is 0 Å². The molecule has 6 heterocycles. The van der Waals surface area contributed by atoms with Crippen molar-refractivity contribution in [3.63, 3.8) is 0 Å². The topological polar surface area (TPSA) is 414 Å². The Balaban J connectivity index is 0.000000105. The molecule has 32 unspecified atom stereocenters. The zero-order chi connectivity index (χ0) is 97.3. The number of amides is 6. The Morgan fingerprint density at radius 2 is 0.721 bits per heavy atom. The van der Waals surface area contributed by atoms with Crippen molar-refractivity contribution < 1.29 is 83.6 Å². The van der Waals surface area contributed by atoms with Crippen LogP contribution >= 0.6 is 0 Å². The van der Waals surface area contributed by atoms with Crippen LogP contribution in [-0.4, -0.2) is 167 Å². The van der Waals surface area contributed by atoms with Crippen molar-refractivity contribution in [2.24, 2.45) is 188 Å². The molecule has 19 fully saturated rings. The normalized spacial score (nSPS) is 50.3. The Kier molecular flexibility index (Phi) is 24.5. The van der Waals surface area contributed by atoms with Crippen molar-refractivity contribution in [2.75, 3.05) is 14.1 Å². The van der Waals surface area contributed by atoms with Gasteiger partial charge in [-0.15, -0.1) is 0 Å². The van der Waals surface area contributed by atoms with Gasteiger partial charge in [0, 0.05) is 192 Å². The van der Waals surface area contributed by atoms with Crippen LogP contribution in [0.1, 0.15) is 321 Å². The summed E-state index contributed by atoms with van der Waals surface area (Å²) in [6.45, 7) is 26.0. The van der Waals surface area contributed by atoms with Crippen LogP contribution in [0, 0.1) is 172 Å². The number of Topliss-reactive ketones (excluding diaryl/α,β-unsaturated/α-hetero) is 5. The second-order valence-corrected chi connectivity index (χ2v) is 51.0. The van der Waals surface area contributed by atoms with E-state index in [0.717, 1.165) is 188 Å². The number of nitrogens with one attached hydrogen (secondary N) is 4. The lowest BCUT2D eigenvalue weighted by Gasteiger charge is -2.61. The van der Waals surface area contributed by atoms with Gasteiger partial charge in [-0.2, -0.15) is 0 Å². The van der Waals surface area contributed by atoms with Gasteiger partial charge >= 0.3 is 0 Å². The highest BCUT2D eigenvalue weighted by Gasteiger charge is 2.71. The Morgan fingerprint density at radius 1 is 0.338 bits per heavy atom. The standard InChI is InChI=1S/C19H29NO3.C19H25NO3.C18H26N2O3.C18H24N2O3.C18H30N2O2.C18H23NO3/c2*1-18-9-8-16(23)20(3)14(18)6-4-11-12-5-7-15(22)19(12,2)10-13(21)17(11)18;2*1-17-8-7-15(22)19-13(17)5-3-10-11-4-6-14(20-23)18(11,2)9-12(21)16(10)17;1-17-8-7-15(22)20-14(17)6-3-10-11-4-5-13(19)18(11,2)9-12(21)16(10)17;1-17-8-7-15(22)19-13(17)5-3-10-11-4-6-14(21)18(11,2)9-12(20)16(10)17/h6,11-13,15,17,21-22H,4-5,7-10H2,1-3H3;6,11-12,17H,4-5,7-10H2,1-3H3;5,10-12,16,21,23H,3-4,6-9H2,1-2H3,(H,19,22);5,10-11,16,23H,3-4,6-9H2,1-2H3,(H,19,22);10-14,16,21H,3-9,19H2,1-2H3,(H,20,22);5,10-11,16H,3-4,6-9H2,1-2H3,(H,19,22)/b;;2*20-14+;;/t11?,12?,13-,15-,17?,18?,19?;;10?,11?,12-,16?,17?,18?;;10?,11?,12-,13?,14?,16?,17?,18?;/m0.0.0./s1. The number of piperidine rings is 6. The maximum Gasteiger partial charge on any atom is 0.226 e. The van der Waals surface area contributed by atoms with Gasteiger partial charge in [-0.05, 0) is 272 Å². The Labute approximate surface area is 803 Å². The molecule has 0 radical (unpaired) electrons. The van der Waals surface area contributed by atoms with Crippen molar-refractivity contribution >= 4 is 75.8 Å². The molecule has 744 valence electrons. The predicted molar refractivity (Wildman–Crippen MR) is 509 cm³/mol. The molecule has 6 saturated heterocycles. The van der Waals surface area contributed by atoms with Crippen molar-refractivity contribution in [3.8, 4) is 0 Å². The first kappa shape index (κ1) is 97.4. The minimum Gasteiger partial charge on any atom is -0.411 e. The molecule has 6 aliphatic heterocycles. The van der Waals surface area contributed by atoms with E-state index in [1.807, 2.05) is 32.8 Å². The fraction of sp³-hybridized carbons (Fsp3) is 0.791. The number of ketones is 5. The maximum atomic E-state index is 13.1. The first-order valence-electron chi connectivity index (χ1n) is 52.9. The highest BCUT2D eigenvalue weighted by atomic mass is 16.4. The maximum absolute atomic E-state index is 13.1. The van der Waals surface area contributed by atoms with Crippen LogP contribution in [0.5, 0.6) is 0 Å². The summed E-state index contributed by atoms with van der Waals surface area (Å²) in [6, 6.07) is 0.494. The van der Waals surface area contributed by atoms with Gasteiger partial charge in [-0.3, -0.25) is 52.7 Å². The molecular weight excluding hydrogens is 1720 g/mol. The number of hydrogen-bond donors (Lipinski definition) is 11. The quantitative estimate of drug-likeness (QED) is 0.0792. The van der Waals surface area contributed by atoms with Crippen molar-refractivity contribution in [3.05, 3.63) is 58.9 Å². The number of fused-ring (bicyclic) bond motifs is 30. The molecule has 26 nitrogen and oxygen atoms in total. The summed E-state index contributed by atoms with van der Waals surface area (Å²) in [7, 11) is 3.72. The first-order valence-corrected chi connectivity index (χ1v) is 52.9. The van der Waals surface area contributed by atoms with Crippen molar-refractivity contribution in [1.29, 1.82) is 0 Å². The van der Waals surface area contributed by atoms with Crippen LogP contribution in [0.25, 0.3) is 0 Å². The molecule has 36 atom stereocenters. The number of allylic oxidation sites excluding steroid dienone is 10. The Hall–Kier alpha value is -7.39. The molecule has 24 rings (SSSR count). The van der Waals surface area contributed by atoms with E-state index in [0.29, 0.717) is 149 Å². The second-order valence-electron chi connectivity index (χ2n) is 51.0. The van der Waals surface area contributed by atoms with Gasteiger partial charge in [0.05, 0.1) is 35.8 Å². The molecule has 6 amide bonds. The molecule has 18 aliphatic carbocycles. The fourth-order valence-corrected chi connectivity index (χ4v) is 37.8. The van der Waals surface area contributed by atoms with Gasteiger partial charge in [0.25, 0.3) is 0 Å². The summed E-state index contributed by atoms with van der Waals surface area (Å²) < 4.78 is 0. The number of rotatable bonds is 0. The van der Waals surface area contributed by atoms with Crippen LogP contribution in [-0.2, 0) is 52.7 Å². The average molecular weight is 1880 g/mol. The van der Waals surface area contributed by atoms with Gasteiger partial charge in [0.2, 0.25) is 35.4 Å². The number of nitrogens with zero attached hydrogens (tertiary/aromatic N) is 4. The Bertz CT molecular complexity index is 5220. The van der Waals surface area contributed by atoms with Gasteiger partial charge in [-0.1, -0.05) is 124 Å². The van der Waals surface area contributed by atoms with E-state index >= 15 is 0 Å². The van der Waals surface area contributed by atoms with E-state index in [-0.39, 0.29) is 190 Å². The number of hydrogen-bond acceptors (Lipinski definition) is 20. The van der Waals surface area contributed by atoms with E-state index in [9.17, 15) is 83.6 Å². The number of carbonyl (C=O) groups is 11. The smallest absolute Gasteiger partial charge is 0.226 e. The summed E-state index contributed by atoms with van der Waals surface area (Å²) in [5.74, 6) is 7.62. The number of likely N-dealkylation sites (tertiary alicyclic amines) is 2. The molecule has 13 saturated carbocycles. The molecule has 0 aromatic heterocycles. The molecule has 0 aromatic carbocycles. The highest BCUT2D eigenvalue weighted by Crippen LogP contribution is 2.71. The van der Waals surface area contributed by atoms with E-state index in [2.05, 4.69) is 131 Å². The number of nitrogens with two attached hydrogens (primary N) is 1. The molecule has 12 N–H and O–H groups in total. The summed E-state index contributed by atoms with van der Waals surface area (Å²) in [5.41, 5.74) is 10.9. The highest BCUT2D eigenvalue weighted by molar-refractivity contribution is 6.00. The fourth-order valence-electron chi connectivity index (χ4n) is 37.8. The molecule has 0 spiro atoms.